The minimum Gasteiger partial charge on any atom is -0.390 e. The lowest BCUT2D eigenvalue weighted by molar-refractivity contribution is 0.211. The van der Waals surface area contributed by atoms with E-state index in [-0.39, 0.29) is 5.88 Å². The van der Waals surface area contributed by atoms with Crippen LogP contribution in [0, 0.1) is 0 Å². The second-order valence-electron chi connectivity index (χ2n) is 3.78. The highest BCUT2D eigenvalue weighted by Gasteiger charge is 2.02. The predicted molar refractivity (Wildman–Crippen MR) is 75.0 cm³/mol. The Bertz CT molecular complexity index is 441. The molecule has 0 spiro atoms. The average molecular weight is 268 g/mol. The van der Waals surface area contributed by atoms with Crippen molar-refractivity contribution < 1.29 is 5.11 Å². The van der Waals surface area contributed by atoms with Gasteiger partial charge in [0.05, 0.1) is 12.0 Å². The maximum atomic E-state index is 9.33. The number of halogens is 1. The minimum atomic E-state index is -0.506. The van der Waals surface area contributed by atoms with Gasteiger partial charge in [-0.05, 0) is 40.1 Å². The Morgan fingerprint density at radius 1 is 1.18 bits per heavy atom. The van der Waals surface area contributed by atoms with E-state index in [9.17, 15) is 5.11 Å². The van der Waals surface area contributed by atoms with Gasteiger partial charge in [0.2, 0.25) is 0 Å². The molecular formula is C13H14ClNOS. The number of alkyl halides is 1. The Balaban J connectivity index is 1.99. The number of rotatable bonds is 5. The zero-order valence-corrected chi connectivity index (χ0v) is 10.8. The zero-order chi connectivity index (χ0) is 12.1. The quantitative estimate of drug-likeness (QED) is 0.814. The normalized spacial score (nSPS) is 12.4. The molecule has 90 valence electrons. The van der Waals surface area contributed by atoms with Crippen molar-refractivity contribution in [3.63, 3.8) is 0 Å². The van der Waals surface area contributed by atoms with E-state index in [4.69, 9.17) is 11.6 Å². The van der Waals surface area contributed by atoms with Crippen LogP contribution in [0.5, 0.6) is 0 Å². The van der Waals surface area contributed by atoms with Crippen molar-refractivity contribution in [3.8, 4) is 11.1 Å². The van der Waals surface area contributed by atoms with Crippen molar-refractivity contribution in [2.75, 3.05) is 17.7 Å². The smallest absolute Gasteiger partial charge is 0.0847 e. The van der Waals surface area contributed by atoms with Gasteiger partial charge in [-0.25, -0.2) is 0 Å². The van der Waals surface area contributed by atoms with Crippen molar-refractivity contribution >= 4 is 28.6 Å². The molecule has 1 atom stereocenters. The van der Waals surface area contributed by atoms with Crippen LogP contribution in [0.3, 0.4) is 0 Å². The molecule has 2 nitrogen and oxygen atoms in total. The highest BCUT2D eigenvalue weighted by molar-refractivity contribution is 7.08. The molecule has 1 unspecified atom stereocenters. The molecule has 0 amide bonds. The van der Waals surface area contributed by atoms with Crippen LogP contribution < -0.4 is 5.32 Å². The van der Waals surface area contributed by atoms with Gasteiger partial charge < -0.3 is 10.4 Å². The summed E-state index contributed by atoms with van der Waals surface area (Å²) < 4.78 is 0. The first kappa shape index (κ1) is 12.4. The third-order valence-corrected chi connectivity index (χ3v) is 3.50. The topological polar surface area (TPSA) is 32.3 Å². The molecule has 2 aromatic rings. The van der Waals surface area contributed by atoms with Gasteiger partial charge in [-0.1, -0.05) is 12.1 Å². The van der Waals surface area contributed by atoms with Crippen LogP contribution in [0.15, 0.2) is 41.1 Å². The SMILES string of the molecule is OC(CCl)CNc1ccc(-c2ccsc2)cc1. The largest absolute Gasteiger partial charge is 0.390 e. The number of thiophene rings is 1. The predicted octanol–water partition coefficient (Wildman–Crippen LogP) is 3.43. The summed E-state index contributed by atoms with van der Waals surface area (Å²) in [4.78, 5) is 0. The fourth-order valence-corrected chi connectivity index (χ4v) is 2.27. The van der Waals surface area contributed by atoms with Crippen LogP contribution in [0.4, 0.5) is 5.69 Å². The Kier molecular flexibility index (Phi) is 4.42. The average Bonchev–Trinajstić information content (AvgIpc) is 2.90. The molecule has 0 saturated heterocycles. The summed E-state index contributed by atoms with van der Waals surface area (Å²) >= 11 is 7.21. The standard InChI is InChI=1S/C13H14ClNOS/c14-7-13(16)8-15-12-3-1-10(2-4-12)11-5-6-17-9-11/h1-6,9,13,15-16H,7-8H2. The molecule has 0 saturated carbocycles. The van der Waals surface area contributed by atoms with Crippen LogP contribution in [0.25, 0.3) is 11.1 Å². The number of hydrogen-bond acceptors (Lipinski definition) is 3. The first-order valence-electron chi connectivity index (χ1n) is 5.40. The van der Waals surface area contributed by atoms with Gasteiger partial charge in [-0.2, -0.15) is 11.3 Å². The zero-order valence-electron chi connectivity index (χ0n) is 9.27. The second kappa shape index (κ2) is 6.05. The number of nitrogens with one attached hydrogen (secondary N) is 1. The van der Waals surface area contributed by atoms with E-state index in [1.165, 1.54) is 11.1 Å². The highest BCUT2D eigenvalue weighted by Crippen LogP contribution is 2.23. The summed E-state index contributed by atoms with van der Waals surface area (Å²) in [7, 11) is 0. The summed E-state index contributed by atoms with van der Waals surface area (Å²) in [5.74, 6) is 0.250. The van der Waals surface area contributed by atoms with E-state index in [1.807, 2.05) is 12.1 Å². The third kappa shape index (κ3) is 3.46. The number of benzene rings is 1. The lowest BCUT2D eigenvalue weighted by atomic mass is 10.1. The third-order valence-electron chi connectivity index (χ3n) is 2.46. The number of anilines is 1. The molecule has 0 radical (unpaired) electrons. The van der Waals surface area contributed by atoms with Gasteiger partial charge in [0.15, 0.2) is 0 Å². The second-order valence-corrected chi connectivity index (χ2v) is 4.87. The summed E-state index contributed by atoms with van der Waals surface area (Å²) in [6, 6.07) is 10.3. The summed E-state index contributed by atoms with van der Waals surface area (Å²) in [5.41, 5.74) is 3.44. The molecule has 1 aromatic heterocycles. The number of aliphatic hydroxyl groups excluding tert-OH is 1. The van der Waals surface area contributed by atoms with Gasteiger partial charge in [0.25, 0.3) is 0 Å². The molecule has 2 rings (SSSR count). The molecule has 0 aliphatic carbocycles. The van der Waals surface area contributed by atoms with E-state index < -0.39 is 6.10 Å². The van der Waals surface area contributed by atoms with Crippen LogP contribution in [-0.4, -0.2) is 23.6 Å². The molecule has 0 aliphatic rings. The fourth-order valence-electron chi connectivity index (χ4n) is 1.50. The molecule has 0 fully saturated rings. The number of hydrogen-bond donors (Lipinski definition) is 2. The Morgan fingerprint density at radius 2 is 1.94 bits per heavy atom. The number of aliphatic hydroxyl groups is 1. The fraction of sp³-hybridized carbons (Fsp3) is 0.231. The lowest BCUT2D eigenvalue weighted by Crippen LogP contribution is -2.20. The summed E-state index contributed by atoms with van der Waals surface area (Å²) in [6.07, 6.45) is -0.506. The van der Waals surface area contributed by atoms with Gasteiger partial charge >= 0.3 is 0 Å². The van der Waals surface area contributed by atoms with E-state index >= 15 is 0 Å². The van der Waals surface area contributed by atoms with E-state index in [1.54, 1.807) is 11.3 Å². The molecule has 4 heteroatoms. The van der Waals surface area contributed by atoms with Crippen molar-refractivity contribution in [2.24, 2.45) is 0 Å². The van der Waals surface area contributed by atoms with Crippen molar-refractivity contribution in [2.45, 2.75) is 6.10 Å². The highest BCUT2D eigenvalue weighted by atomic mass is 35.5. The monoisotopic (exact) mass is 267 g/mol. The van der Waals surface area contributed by atoms with E-state index in [0.717, 1.165) is 5.69 Å². The molecule has 0 bridgehead atoms. The van der Waals surface area contributed by atoms with Gasteiger partial charge in [-0.15, -0.1) is 11.6 Å². The maximum Gasteiger partial charge on any atom is 0.0847 e. The Hall–Kier alpha value is -1.03. The molecule has 2 N–H and O–H groups in total. The van der Waals surface area contributed by atoms with Crippen molar-refractivity contribution in [1.29, 1.82) is 0 Å². The van der Waals surface area contributed by atoms with Crippen molar-refractivity contribution in [3.05, 3.63) is 41.1 Å². The molecule has 0 aliphatic heterocycles. The molecule has 1 aromatic carbocycles. The van der Waals surface area contributed by atoms with Crippen LogP contribution >= 0.6 is 22.9 Å². The van der Waals surface area contributed by atoms with E-state index in [0.29, 0.717) is 6.54 Å². The van der Waals surface area contributed by atoms with Gasteiger partial charge in [0, 0.05) is 12.2 Å². The van der Waals surface area contributed by atoms with Crippen LogP contribution in [-0.2, 0) is 0 Å². The summed E-state index contributed by atoms with van der Waals surface area (Å²) in [6.45, 7) is 0.474. The minimum absolute atomic E-state index is 0.250. The Morgan fingerprint density at radius 3 is 2.53 bits per heavy atom. The first-order chi connectivity index (χ1) is 8.29. The Labute approximate surface area is 110 Å². The maximum absolute atomic E-state index is 9.33. The van der Waals surface area contributed by atoms with Crippen LogP contribution in [0.1, 0.15) is 0 Å². The molecule has 17 heavy (non-hydrogen) atoms. The van der Waals surface area contributed by atoms with Gasteiger partial charge in [0.1, 0.15) is 0 Å². The molecular weight excluding hydrogens is 254 g/mol. The summed E-state index contributed by atoms with van der Waals surface area (Å²) in [5, 5.41) is 16.7. The first-order valence-corrected chi connectivity index (χ1v) is 6.88. The molecule has 1 heterocycles. The van der Waals surface area contributed by atoms with Crippen LogP contribution in [0.2, 0.25) is 0 Å². The van der Waals surface area contributed by atoms with Gasteiger partial charge in [-0.3, -0.25) is 0 Å². The van der Waals surface area contributed by atoms with E-state index in [2.05, 4.69) is 34.3 Å². The lowest BCUT2D eigenvalue weighted by Gasteiger charge is -2.10. The van der Waals surface area contributed by atoms with Crippen molar-refractivity contribution in [1.82, 2.24) is 0 Å².